The highest BCUT2D eigenvalue weighted by Crippen LogP contribution is 2.22. The molecule has 1 saturated heterocycles. The molecule has 2 unspecified atom stereocenters. The first-order chi connectivity index (χ1) is 9.05. The minimum atomic E-state index is -0.975. The zero-order valence-corrected chi connectivity index (χ0v) is 11.6. The maximum atomic E-state index is 12.6. The molecule has 1 aliphatic rings. The Balaban J connectivity index is 2.14. The SMILES string of the molecule is CCC1CN(C(=O)C(C)(N)c2ccccc2)CCO1. The quantitative estimate of drug-likeness (QED) is 0.898. The summed E-state index contributed by atoms with van der Waals surface area (Å²) in [7, 11) is 0. The molecule has 1 aliphatic heterocycles. The molecule has 1 heterocycles. The lowest BCUT2D eigenvalue weighted by Crippen LogP contribution is -2.55. The molecule has 2 rings (SSSR count). The van der Waals surface area contributed by atoms with Gasteiger partial charge in [-0.2, -0.15) is 0 Å². The second kappa shape index (κ2) is 5.72. The third-order valence-electron chi connectivity index (χ3n) is 3.70. The van der Waals surface area contributed by atoms with Gasteiger partial charge in [0.2, 0.25) is 5.91 Å². The Hall–Kier alpha value is -1.39. The van der Waals surface area contributed by atoms with Gasteiger partial charge >= 0.3 is 0 Å². The molecule has 1 fully saturated rings. The van der Waals surface area contributed by atoms with Crippen LogP contribution in [0.1, 0.15) is 25.8 Å². The van der Waals surface area contributed by atoms with E-state index in [2.05, 4.69) is 6.92 Å². The lowest BCUT2D eigenvalue weighted by Gasteiger charge is -2.37. The topological polar surface area (TPSA) is 55.6 Å². The molecule has 0 spiro atoms. The summed E-state index contributed by atoms with van der Waals surface area (Å²) < 4.78 is 5.59. The lowest BCUT2D eigenvalue weighted by molar-refractivity contribution is -0.144. The zero-order valence-electron chi connectivity index (χ0n) is 11.6. The molecule has 0 aliphatic carbocycles. The fourth-order valence-corrected chi connectivity index (χ4v) is 2.39. The molecular weight excluding hydrogens is 240 g/mol. The highest BCUT2D eigenvalue weighted by molar-refractivity contribution is 5.87. The van der Waals surface area contributed by atoms with Gasteiger partial charge in [0.1, 0.15) is 5.54 Å². The second-order valence-electron chi connectivity index (χ2n) is 5.22. The van der Waals surface area contributed by atoms with Crippen molar-refractivity contribution in [2.24, 2.45) is 5.73 Å². The number of carbonyl (C=O) groups is 1. The highest BCUT2D eigenvalue weighted by atomic mass is 16.5. The predicted octanol–water partition coefficient (Wildman–Crippen LogP) is 1.50. The van der Waals surface area contributed by atoms with E-state index in [1.807, 2.05) is 35.2 Å². The number of benzene rings is 1. The van der Waals surface area contributed by atoms with E-state index in [-0.39, 0.29) is 12.0 Å². The van der Waals surface area contributed by atoms with Gasteiger partial charge in [-0.1, -0.05) is 37.3 Å². The fourth-order valence-electron chi connectivity index (χ4n) is 2.39. The minimum Gasteiger partial charge on any atom is -0.375 e. The van der Waals surface area contributed by atoms with E-state index in [1.165, 1.54) is 0 Å². The normalized spacial score (nSPS) is 22.9. The van der Waals surface area contributed by atoms with Gasteiger partial charge in [-0.3, -0.25) is 4.79 Å². The summed E-state index contributed by atoms with van der Waals surface area (Å²) >= 11 is 0. The molecule has 2 N–H and O–H groups in total. The Kier molecular flexibility index (Phi) is 4.22. The molecule has 104 valence electrons. The summed E-state index contributed by atoms with van der Waals surface area (Å²) in [4.78, 5) is 14.5. The maximum Gasteiger partial charge on any atom is 0.247 e. The van der Waals surface area contributed by atoms with Crippen LogP contribution in [0, 0.1) is 0 Å². The fraction of sp³-hybridized carbons (Fsp3) is 0.533. The number of carbonyl (C=O) groups excluding carboxylic acids is 1. The van der Waals surface area contributed by atoms with Gasteiger partial charge < -0.3 is 15.4 Å². The van der Waals surface area contributed by atoms with Crippen LogP contribution in [0.4, 0.5) is 0 Å². The number of ether oxygens (including phenoxy) is 1. The summed E-state index contributed by atoms with van der Waals surface area (Å²) in [6.07, 6.45) is 1.04. The third-order valence-corrected chi connectivity index (χ3v) is 3.70. The highest BCUT2D eigenvalue weighted by Gasteiger charge is 2.36. The van der Waals surface area contributed by atoms with Gasteiger partial charge in [-0.15, -0.1) is 0 Å². The van der Waals surface area contributed by atoms with Crippen LogP contribution in [0.5, 0.6) is 0 Å². The Morgan fingerprint density at radius 1 is 1.47 bits per heavy atom. The van der Waals surface area contributed by atoms with Crippen molar-refractivity contribution in [2.45, 2.75) is 31.9 Å². The Bertz CT molecular complexity index is 431. The zero-order chi connectivity index (χ0) is 13.9. The minimum absolute atomic E-state index is 0.0274. The molecular formula is C15H22N2O2. The van der Waals surface area contributed by atoms with E-state index in [9.17, 15) is 4.79 Å². The summed E-state index contributed by atoms with van der Waals surface area (Å²) in [5.74, 6) is -0.0274. The largest absolute Gasteiger partial charge is 0.375 e. The molecule has 0 saturated carbocycles. The second-order valence-corrected chi connectivity index (χ2v) is 5.22. The number of nitrogens with zero attached hydrogens (tertiary/aromatic N) is 1. The van der Waals surface area contributed by atoms with E-state index in [4.69, 9.17) is 10.5 Å². The molecule has 2 atom stereocenters. The van der Waals surface area contributed by atoms with E-state index < -0.39 is 5.54 Å². The number of morpholine rings is 1. The van der Waals surface area contributed by atoms with Gasteiger partial charge in [0.15, 0.2) is 0 Å². The smallest absolute Gasteiger partial charge is 0.247 e. The van der Waals surface area contributed by atoms with Gasteiger partial charge in [-0.25, -0.2) is 0 Å². The molecule has 1 aromatic carbocycles. The van der Waals surface area contributed by atoms with Crippen LogP contribution in [0.3, 0.4) is 0 Å². The van der Waals surface area contributed by atoms with Gasteiger partial charge in [0.25, 0.3) is 0 Å². The molecule has 0 bridgehead atoms. The van der Waals surface area contributed by atoms with E-state index in [0.717, 1.165) is 12.0 Å². The first-order valence-corrected chi connectivity index (χ1v) is 6.81. The van der Waals surface area contributed by atoms with Crippen molar-refractivity contribution in [2.75, 3.05) is 19.7 Å². The average Bonchev–Trinajstić information content (AvgIpc) is 2.47. The van der Waals surface area contributed by atoms with Crippen LogP contribution < -0.4 is 5.73 Å². The summed E-state index contributed by atoms with van der Waals surface area (Å²) in [6, 6.07) is 9.53. The van der Waals surface area contributed by atoms with Crippen LogP contribution in [0.15, 0.2) is 30.3 Å². The molecule has 1 amide bonds. The summed E-state index contributed by atoms with van der Waals surface area (Å²) in [6.45, 7) is 5.69. The number of amides is 1. The molecule has 0 radical (unpaired) electrons. The predicted molar refractivity (Wildman–Crippen MR) is 74.6 cm³/mol. The Labute approximate surface area is 114 Å². The Morgan fingerprint density at radius 3 is 2.79 bits per heavy atom. The van der Waals surface area contributed by atoms with Crippen LogP contribution in [0.2, 0.25) is 0 Å². The average molecular weight is 262 g/mol. The van der Waals surface area contributed by atoms with E-state index in [1.54, 1.807) is 6.92 Å². The van der Waals surface area contributed by atoms with Crippen LogP contribution in [-0.2, 0) is 15.1 Å². The standard InChI is InChI=1S/C15H22N2O2/c1-3-13-11-17(9-10-19-13)14(18)15(2,16)12-7-5-4-6-8-12/h4-8,13H,3,9-11,16H2,1-2H3. The first-order valence-electron chi connectivity index (χ1n) is 6.81. The summed E-state index contributed by atoms with van der Waals surface area (Å²) in [5, 5.41) is 0. The lowest BCUT2D eigenvalue weighted by atomic mass is 9.91. The van der Waals surface area contributed by atoms with Crippen molar-refractivity contribution < 1.29 is 9.53 Å². The Morgan fingerprint density at radius 2 is 2.16 bits per heavy atom. The molecule has 4 nitrogen and oxygen atoms in total. The monoisotopic (exact) mass is 262 g/mol. The van der Waals surface area contributed by atoms with Gasteiger partial charge in [-0.05, 0) is 18.9 Å². The number of hydrogen-bond donors (Lipinski definition) is 1. The number of rotatable bonds is 3. The molecule has 1 aromatic rings. The van der Waals surface area contributed by atoms with Crippen molar-refractivity contribution in [3.05, 3.63) is 35.9 Å². The van der Waals surface area contributed by atoms with Crippen LogP contribution in [-0.4, -0.2) is 36.6 Å². The van der Waals surface area contributed by atoms with E-state index in [0.29, 0.717) is 19.7 Å². The molecule has 0 aromatic heterocycles. The summed E-state index contributed by atoms with van der Waals surface area (Å²) in [5.41, 5.74) is 6.14. The maximum absolute atomic E-state index is 12.6. The first kappa shape index (κ1) is 14.0. The van der Waals surface area contributed by atoms with Crippen molar-refractivity contribution in [1.82, 2.24) is 4.90 Å². The van der Waals surface area contributed by atoms with E-state index >= 15 is 0 Å². The van der Waals surface area contributed by atoms with Crippen molar-refractivity contribution in [3.8, 4) is 0 Å². The van der Waals surface area contributed by atoms with Crippen molar-refractivity contribution in [1.29, 1.82) is 0 Å². The molecule has 4 heteroatoms. The third kappa shape index (κ3) is 2.96. The van der Waals surface area contributed by atoms with Gasteiger partial charge in [0.05, 0.1) is 12.7 Å². The number of hydrogen-bond acceptors (Lipinski definition) is 3. The number of nitrogens with two attached hydrogens (primary N) is 1. The van der Waals surface area contributed by atoms with Crippen LogP contribution in [0.25, 0.3) is 0 Å². The van der Waals surface area contributed by atoms with Crippen LogP contribution >= 0.6 is 0 Å². The molecule has 19 heavy (non-hydrogen) atoms. The van der Waals surface area contributed by atoms with Crippen molar-refractivity contribution in [3.63, 3.8) is 0 Å². The van der Waals surface area contributed by atoms with Crippen molar-refractivity contribution >= 4 is 5.91 Å². The van der Waals surface area contributed by atoms with Gasteiger partial charge in [0, 0.05) is 13.1 Å².